The summed E-state index contributed by atoms with van der Waals surface area (Å²) >= 11 is 0. The van der Waals surface area contributed by atoms with Gasteiger partial charge in [0.2, 0.25) is 5.88 Å². The second kappa shape index (κ2) is 13.2. The van der Waals surface area contributed by atoms with Gasteiger partial charge in [-0.3, -0.25) is 4.90 Å². The highest BCUT2D eigenvalue weighted by Crippen LogP contribution is 2.17. The molecule has 39 heavy (non-hydrogen) atoms. The number of para-hydroxylation sites is 1. The van der Waals surface area contributed by atoms with Crippen LogP contribution in [0.5, 0.6) is 5.88 Å². The van der Waals surface area contributed by atoms with E-state index in [4.69, 9.17) is 14.2 Å². The predicted octanol–water partition coefficient (Wildman–Crippen LogP) is 3.17. The Morgan fingerprint density at radius 2 is 1.77 bits per heavy atom. The van der Waals surface area contributed by atoms with E-state index in [1.807, 2.05) is 30.3 Å². The molecule has 2 aromatic carbocycles. The van der Waals surface area contributed by atoms with Gasteiger partial charge >= 0.3 is 18.2 Å². The summed E-state index contributed by atoms with van der Waals surface area (Å²) in [4.78, 5) is 55.5. The van der Waals surface area contributed by atoms with Gasteiger partial charge in [-0.25, -0.2) is 24.2 Å². The zero-order valence-electron chi connectivity index (χ0n) is 21.4. The zero-order chi connectivity index (χ0) is 27.6. The molecule has 11 nitrogen and oxygen atoms in total. The summed E-state index contributed by atoms with van der Waals surface area (Å²) in [5.74, 6) is 1.29. The molecular formula is C28H28N4O7. The van der Waals surface area contributed by atoms with Gasteiger partial charge in [0.15, 0.2) is 0 Å². The number of fused-ring (bicyclic) bond motifs is 1. The van der Waals surface area contributed by atoms with Crippen molar-refractivity contribution in [2.45, 2.75) is 19.7 Å². The number of piperazine rings is 1. The summed E-state index contributed by atoms with van der Waals surface area (Å²) in [6.07, 6.45) is -1.17. The van der Waals surface area contributed by atoms with Crippen molar-refractivity contribution in [2.75, 3.05) is 32.8 Å². The molecule has 1 unspecified atom stereocenters. The van der Waals surface area contributed by atoms with Gasteiger partial charge < -0.3 is 24.4 Å². The van der Waals surface area contributed by atoms with Crippen molar-refractivity contribution in [3.63, 3.8) is 0 Å². The fraction of sp³-hybridized carbons (Fsp3) is 0.286. The van der Waals surface area contributed by atoms with E-state index in [9.17, 15) is 19.2 Å². The van der Waals surface area contributed by atoms with Gasteiger partial charge in [0.05, 0.1) is 17.7 Å². The third-order valence-electron chi connectivity index (χ3n) is 6.06. The number of aromatic nitrogens is 1. The van der Waals surface area contributed by atoms with Gasteiger partial charge in [-0.05, 0) is 36.8 Å². The number of nitrogens with zero attached hydrogens (tertiary/aromatic N) is 3. The summed E-state index contributed by atoms with van der Waals surface area (Å²) < 4.78 is 15.7. The van der Waals surface area contributed by atoms with Crippen LogP contribution in [0.25, 0.3) is 10.9 Å². The van der Waals surface area contributed by atoms with Crippen LogP contribution in [-0.4, -0.2) is 77.8 Å². The van der Waals surface area contributed by atoms with E-state index < -0.39 is 24.3 Å². The topological polar surface area (TPSA) is 127 Å². The molecule has 0 aliphatic carbocycles. The number of ether oxygens (including phenoxy) is 3. The maximum absolute atomic E-state index is 12.5. The van der Waals surface area contributed by atoms with Crippen molar-refractivity contribution in [3.05, 3.63) is 77.9 Å². The molecule has 11 heteroatoms. The smallest absolute Gasteiger partial charge is 0.416 e. The first-order valence-electron chi connectivity index (χ1n) is 12.4. The molecule has 1 fully saturated rings. The van der Waals surface area contributed by atoms with E-state index in [-0.39, 0.29) is 18.8 Å². The van der Waals surface area contributed by atoms with E-state index in [1.165, 1.54) is 17.0 Å². The van der Waals surface area contributed by atoms with Crippen LogP contribution >= 0.6 is 0 Å². The Labute approximate surface area is 224 Å². The number of rotatable bonds is 8. The number of esters is 1. The molecule has 1 N–H and O–H groups in total. The molecule has 0 spiro atoms. The summed E-state index contributed by atoms with van der Waals surface area (Å²) in [7, 11) is 0. The second-order valence-electron chi connectivity index (χ2n) is 8.60. The van der Waals surface area contributed by atoms with Crippen LogP contribution in [0.3, 0.4) is 0 Å². The van der Waals surface area contributed by atoms with Crippen LogP contribution in [0.4, 0.5) is 9.59 Å². The molecule has 2 amide bonds. The Bertz CT molecular complexity index is 1360. The summed E-state index contributed by atoms with van der Waals surface area (Å²) in [6.45, 7) is 3.68. The normalized spacial score (nSPS) is 14.1. The Kier molecular flexibility index (Phi) is 9.23. The highest BCUT2D eigenvalue weighted by atomic mass is 16.6. The number of nitrogens with one attached hydrogen (secondary N) is 1. The molecule has 1 aliphatic heterocycles. The first-order valence-corrected chi connectivity index (χ1v) is 12.4. The molecule has 2 heterocycles. The average Bonchev–Trinajstić information content (AvgIpc) is 2.96. The number of carbonyl (C=O) groups excluding carboxylic acids is 4. The molecule has 0 bridgehead atoms. The second-order valence-corrected chi connectivity index (χ2v) is 8.60. The average molecular weight is 533 g/mol. The molecular weight excluding hydrogens is 504 g/mol. The monoisotopic (exact) mass is 532 g/mol. The van der Waals surface area contributed by atoms with Gasteiger partial charge in [-0.15, -0.1) is 0 Å². The van der Waals surface area contributed by atoms with E-state index in [0.29, 0.717) is 32.1 Å². The molecule has 1 aliphatic rings. The first kappa shape index (κ1) is 27.3. The minimum Gasteiger partial charge on any atom is -0.473 e. The van der Waals surface area contributed by atoms with Crippen molar-refractivity contribution >= 4 is 35.0 Å². The van der Waals surface area contributed by atoms with E-state index in [0.717, 1.165) is 22.5 Å². The number of amides is 2. The first-order chi connectivity index (χ1) is 19.0. The maximum atomic E-state index is 12.5. The summed E-state index contributed by atoms with van der Waals surface area (Å²) in [5.41, 5.74) is 1.79. The van der Waals surface area contributed by atoms with Crippen LogP contribution < -0.4 is 10.1 Å². The number of alkyl carbamates (subject to hydrolysis) is 1. The number of hydrogen-bond acceptors (Lipinski definition) is 9. The lowest BCUT2D eigenvalue weighted by atomic mass is 10.1. The van der Waals surface area contributed by atoms with E-state index in [1.54, 1.807) is 36.0 Å². The third kappa shape index (κ3) is 7.41. The molecule has 0 saturated carbocycles. The summed E-state index contributed by atoms with van der Waals surface area (Å²) in [5, 5.41) is 3.50. The largest absolute Gasteiger partial charge is 0.473 e. The van der Waals surface area contributed by atoms with E-state index in [2.05, 4.69) is 10.3 Å². The van der Waals surface area contributed by atoms with Crippen LogP contribution in [0, 0.1) is 0 Å². The van der Waals surface area contributed by atoms with E-state index >= 15 is 0 Å². The standard InChI is InChI=1S/C28H28N4O7/c1-2-37-28(36)32-16-14-31(15-17-32)24(13-18-33)30-27(35)39-26(34)22-9-7-20(8-10-22)19-38-25-12-11-21-5-3-4-6-23(21)29-25/h3-13,24H,2,14-17,19H2,1H3,(H,30,35). The van der Waals surface area contributed by atoms with Crippen LogP contribution in [0.1, 0.15) is 22.8 Å². The van der Waals surface area contributed by atoms with Crippen molar-refractivity contribution < 1.29 is 33.4 Å². The Morgan fingerprint density at radius 1 is 1.03 bits per heavy atom. The quantitative estimate of drug-likeness (QED) is 0.264. The number of carbonyl (C=O) groups is 3. The molecule has 0 radical (unpaired) electrons. The maximum Gasteiger partial charge on any atom is 0.416 e. The third-order valence-corrected chi connectivity index (χ3v) is 6.06. The Balaban J connectivity index is 1.27. The van der Waals surface area contributed by atoms with Crippen molar-refractivity contribution in [1.82, 2.24) is 20.1 Å². The molecule has 1 atom stereocenters. The molecule has 202 valence electrons. The molecule has 3 aromatic rings. The van der Waals surface area contributed by atoms with Gasteiger partial charge in [-0.1, -0.05) is 30.3 Å². The van der Waals surface area contributed by atoms with Gasteiger partial charge in [0, 0.05) is 43.7 Å². The molecule has 1 aromatic heterocycles. The SMILES string of the molecule is CCOC(=O)N1CCN(C(C=C=O)NC(=O)OC(=O)c2ccc(COc3ccc4ccccc4n3)cc2)CC1. The number of hydrogen-bond donors (Lipinski definition) is 1. The minimum atomic E-state index is -1.01. The Hall–Kier alpha value is -4.73. The fourth-order valence-corrected chi connectivity index (χ4v) is 4.02. The lowest BCUT2D eigenvalue weighted by Crippen LogP contribution is -2.56. The molecule has 4 rings (SSSR count). The molecule has 1 saturated heterocycles. The van der Waals surface area contributed by atoms with Crippen LogP contribution in [0.15, 0.2) is 66.7 Å². The summed E-state index contributed by atoms with van der Waals surface area (Å²) in [6, 6.07) is 17.9. The van der Waals surface area contributed by atoms with Crippen molar-refractivity contribution in [2.24, 2.45) is 0 Å². The Morgan fingerprint density at radius 3 is 2.49 bits per heavy atom. The number of benzene rings is 2. The van der Waals surface area contributed by atoms with Gasteiger partial charge in [0.1, 0.15) is 18.7 Å². The van der Waals surface area contributed by atoms with Crippen LogP contribution in [0.2, 0.25) is 0 Å². The van der Waals surface area contributed by atoms with Crippen molar-refractivity contribution in [3.8, 4) is 5.88 Å². The van der Waals surface area contributed by atoms with Crippen LogP contribution in [-0.2, 0) is 20.9 Å². The highest BCUT2D eigenvalue weighted by Gasteiger charge is 2.27. The van der Waals surface area contributed by atoms with Crippen molar-refractivity contribution in [1.29, 1.82) is 0 Å². The lowest BCUT2D eigenvalue weighted by molar-refractivity contribution is 0.0545. The lowest BCUT2D eigenvalue weighted by Gasteiger charge is -2.37. The van der Waals surface area contributed by atoms with Gasteiger partial charge in [0.25, 0.3) is 0 Å². The zero-order valence-corrected chi connectivity index (χ0v) is 21.4. The number of pyridine rings is 1. The predicted molar refractivity (Wildman–Crippen MR) is 141 cm³/mol. The minimum absolute atomic E-state index is 0.170. The van der Waals surface area contributed by atoms with Gasteiger partial charge in [-0.2, -0.15) is 0 Å². The highest BCUT2D eigenvalue weighted by molar-refractivity contribution is 5.96. The fourth-order valence-electron chi connectivity index (χ4n) is 4.02.